The summed E-state index contributed by atoms with van der Waals surface area (Å²) in [6.45, 7) is 8.09. The summed E-state index contributed by atoms with van der Waals surface area (Å²) in [4.78, 5) is 25.0. The van der Waals surface area contributed by atoms with Crippen LogP contribution >= 0.6 is 11.6 Å². The van der Waals surface area contributed by atoms with Crippen LogP contribution in [0.25, 0.3) is 0 Å². The normalized spacial score (nSPS) is 21.2. The van der Waals surface area contributed by atoms with Gasteiger partial charge in [-0.15, -0.1) is 0 Å². The maximum atomic E-state index is 12.4. The SMILES string of the molecule is CC(C)(C)OC(=O)N1CCc2c(nc(Cl)nc2N2CCCC(O)CC2)C1. The number of aliphatic hydroxyl groups excluding tert-OH is 1. The lowest BCUT2D eigenvalue weighted by molar-refractivity contribution is 0.0220. The van der Waals surface area contributed by atoms with Crippen LogP contribution in [-0.4, -0.2) is 57.4 Å². The van der Waals surface area contributed by atoms with Gasteiger partial charge in [0.25, 0.3) is 0 Å². The van der Waals surface area contributed by atoms with Gasteiger partial charge in [0.2, 0.25) is 5.28 Å². The fourth-order valence-electron chi connectivity index (χ4n) is 3.42. The van der Waals surface area contributed by atoms with Crippen LogP contribution in [0.5, 0.6) is 0 Å². The molecule has 0 radical (unpaired) electrons. The molecule has 0 spiro atoms. The van der Waals surface area contributed by atoms with Gasteiger partial charge in [-0.05, 0) is 58.1 Å². The average molecular weight is 383 g/mol. The van der Waals surface area contributed by atoms with Crippen molar-refractivity contribution in [1.29, 1.82) is 0 Å². The summed E-state index contributed by atoms with van der Waals surface area (Å²) in [5.41, 5.74) is 1.30. The van der Waals surface area contributed by atoms with Crippen molar-refractivity contribution in [2.75, 3.05) is 24.5 Å². The number of fused-ring (bicyclic) bond motifs is 1. The molecule has 8 heteroatoms. The summed E-state index contributed by atoms with van der Waals surface area (Å²) in [6.07, 6.45) is 2.53. The Morgan fingerprint density at radius 3 is 2.73 bits per heavy atom. The van der Waals surface area contributed by atoms with E-state index in [4.69, 9.17) is 16.3 Å². The zero-order valence-corrected chi connectivity index (χ0v) is 16.4. The monoisotopic (exact) mass is 382 g/mol. The molecule has 1 N–H and O–H groups in total. The van der Waals surface area contributed by atoms with Gasteiger partial charge in [-0.3, -0.25) is 0 Å². The second kappa shape index (κ2) is 7.56. The average Bonchev–Trinajstić information content (AvgIpc) is 2.76. The highest BCUT2D eigenvalue weighted by Gasteiger charge is 2.30. The Morgan fingerprint density at radius 2 is 2.00 bits per heavy atom. The molecule has 3 heterocycles. The zero-order valence-electron chi connectivity index (χ0n) is 15.7. The van der Waals surface area contributed by atoms with Gasteiger partial charge in [-0.1, -0.05) is 0 Å². The second-order valence-corrected chi connectivity index (χ2v) is 8.30. The molecule has 2 aliphatic rings. The van der Waals surface area contributed by atoms with Crippen molar-refractivity contribution >= 4 is 23.5 Å². The molecule has 144 valence electrons. The Hall–Kier alpha value is -1.60. The summed E-state index contributed by atoms with van der Waals surface area (Å²) < 4.78 is 5.47. The Kier molecular flexibility index (Phi) is 5.58. The number of ether oxygens (including phenoxy) is 1. The number of aliphatic hydroxyl groups is 1. The lowest BCUT2D eigenvalue weighted by Gasteiger charge is -2.33. The number of carbonyl (C=O) groups excluding carboxylic acids is 1. The second-order valence-electron chi connectivity index (χ2n) is 7.97. The molecule has 0 aromatic carbocycles. The molecule has 1 aromatic heterocycles. The van der Waals surface area contributed by atoms with Crippen LogP contribution in [0.15, 0.2) is 0 Å². The van der Waals surface area contributed by atoms with E-state index in [1.54, 1.807) is 4.90 Å². The minimum absolute atomic E-state index is 0.189. The molecular weight excluding hydrogens is 356 g/mol. The summed E-state index contributed by atoms with van der Waals surface area (Å²) in [6, 6.07) is 0. The zero-order chi connectivity index (χ0) is 18.9. The topological polar surface area (TPSA) is 78.8 Å². The first-order valence-electron chi connectivity index (χ1n) is 9.19. The van der Waals surface area contributed by atoms with E-state index in [-0.39, 0.29) is 17.5 Å². The number of nitrogens with zero attached hydrogens (tertiary/aromatic N) is 4. The van der Waals surface area contributed by atoms with E-state index in [0.29, 0.717) is 19.5 Å². The minimum atomic E-state index is -0.529. The number of aromatic nitrogens is 2. The molecule has 1 amide bonds. The first-order valence-corrected chi connectivity index (χ1v) is 9.57. The van der Waals surface area contributed by atoms with Gasteiger partial charge in [-0.2, -0.15) is 0 Å². The lowest BCUT2D eigenvalue weighted by Crippen LogP contribution is -2.41. The molecule has 0 aliphatic carbocycles. The van der Waals surface area contributed by atoms with Crippen LogP contribution in [0, 0.1) is 0 Å². The Morgan fingerprint density at radius 1 is 1.23 bits per heavy atom. The third-order valence-electron chi connectivity index (χ3n) is 4.66. The largest absolute Gasteiger partial charge is 0.444 e. The van der Waals surface area contributed by atoms with E-state index >= 15 is 0 Å². The van der Waals surface area contributed by atoms with E-state index in [1.807, 2.05) is 20.8 Å². The Bertz CT molecular complexity index is 677. The number of hydrogen-bond acceptors (Lipinski definition) is 6. The van der Waals surface area contributed by atoms with Crippen LogP contribution in [0.4, 0.5) is 10.6 Å². The standard InChI is InChI=1S/C18H27ClN4O3/c1-18(2,3)26-17(25)23-10-7-13-14(11-23)20-16(19)21-15(13)22-8-4-5-12(24)6-9-22/h12,24H,4-11H2,1-3H3. The van der Waals surface area contributed by atoms with Gasteiger partial charge >= 0.3 is 6.09 Å². The van der Waals surface area contributed by atoms with Crippen LogP contribution in [-0.2, 0) is 17.7 Å². The highest BCUT2D eigenvalue weighted by molar-refractivity contribution is 6.28. The minimum Gasteiger partial charge on any atom is -0.444 e. The molecule has 1 fully saturated rings. The Balaban J connectivity index is 1.81. The molecule has 1 unspecified atom stereocenters. The number of halogens is 1. The third-order valence-corrected chi connectivity index (χ3v) is 4.83. The number of carbonyl (C=O) groups is 1. The molecule has 0 bridgehead atoms. The summed E-state index contributed by atoms with van der Waals surface area (Å²) in [5.74, 6) is 0.845. The molecule has 2 aliphatic heterocycles. The van der Waals surface area contributed by atoms with Crippen molar-refractivity contribution in [1.82, 2.24) is 14.9 Å². The van der Waals surface area contributed by atoms with Crippen molar-refractivity contribution in [2.45, 2.75) is 64.7 Å². The quantitative estimate of drug-likeness (QED) is 0.752. The fraction of sp³-hybridized carbons (Fsp3) is 0.722. The van der Waals surface area contributed by atoms with Crippen LogP contribution < -0.4 is 4.90 Å². The van der Waals surface area contributed by atoms with Crippen molar-refractivity contribution in [3.63, 3.8) is 0 Å². The predicted molar refractivity (Wildman–Crippen MR) is 99.5 cm³/mol. The molecule has 3 rings (SSSR count). The predicted octanol–water partition coefficient (Wildman–Crippen LogP) is 2.77. The number of amides is 1. The maximum Gasteiger partial charge on any atom is 0.410 e. The first kappa shape index (κ1) is 19.2. The van der Waals surface area contributed by atoms with E-state index in [2.05, 4.69) is 14.9 Å². The van der Waals surface area contributed by atoms with Crippen molar-refractivity contribution in [3.8, 4) is 0 Å². The first-order chi connectivity index (χ1) is 12.2. The summed E-state index contributed by atoms with van der Waals surface area (Å²) in [7, 11) is 0. The highest BCUT2D eigenvalue weighted by Crippen LogP contribution is 2.30. The van der Waals surface area contributed by atoms with Crippen LogP contribution in [0.3, 0.4) is 0 Å². The molecule has 1 saturated heterocycles. The van der Waals surface area contributed by atoms with E-state index in [0.717, 1.165) is 49.4 Å². The third kappa shape index (κ3) is 4.57. The Labute approximate surface area is 159 Å². The molecule has 7 nitrogen and oxygen atoms in total. The highest BCUT2D eigenvalue weighted by atomic mass is 35.5. The summed E-state index contributed by atoms with van der Waals surface area (Å²) in [5, 5.41) is 10.1. The lowest BCUT2D eigenvalue weighted by atomic mass is 10.1. The molecular formula is C18H27ClN4O3. The molecule has 1 atom stereocenters. The van der Waals surface area contributed by atoms with Crippen molar-refractivity contribution in [3.05, 3.63) is 16.5 Å². The smallest absolute Gasteiger partial charge is 0.410 e. The van der Waals surface area contributed by atoms with Crippen molar-refractivity contribution in [2.24, 2.45) is 0 Å². The van der Waals surface area contributed by atoms with Gasteiger partial charge < -0.3 is 19.6 Å². The van der Waals surface area contributed by atoms with Crippen LogP contribution in [0.1, 0.15) is 51.3 Å². The van der Waals surface area contributed by atoms with E-state index < -0.39 is 5.60 Å². The number of hydrogen-bond donors (Lipinski definition) is 1. The summed E-state index contributed by atoms with van der Waals surface area (Å²) >= 11 is 6.17. The van der Waals surface area contributed by atoms with E-state index in [9.17, 15) is 9.90 Å². The molecule has 26 heavy (non-hydrogen) atoms. The van der Waals surface area contributed by atoms with Crippen molar-refractivity contribution < 1.29 is 14.6 Å². The molecule has 0 saturated carbocycles. The maximum absolute atomic E-state index is 12.4. The van der Waals surface area contributed by atoms with Gasteiger partial charge in [0.05, 0.1) is 18.3 Å². The van der Waals surface area contributed by atoms with Crippen LogP contribution in [0.2, 0.25) is 5.28 Å². The van der Waals surface area contributed by atoms with Gasteiger partial charge in [0.15, 0.2) is 0 Å². The van der Waals surface area contributed by atoms with Gasteiger partial charge in [0, 0.05) is 25.2 Å². The van der Waals surface area contributed by atoms with Gasteiger partial charge in [0.1, 0.15) is 11.4 Å². The number of rotatable bonds is 1. The van der Waals surface area contributed by atoms with Gasteiger partial charge in [-0.25, -0.2) is 14.8 Å². The molecule has 1 aromatic rings. The van der Waals surface area contributed by atoms with E-state index in [1.165, 1.54) is 0 Å². The number of anilines is 1. The fourth-order valence-corrected chi connectivity index (χ4v) is 3.60.